The van der Waals surface area contributed by atoms with Gasteiger partial charge in [0.15, 0.2) is 15.8 Å². The van der Waals surface area contributed by atoms with Crippen LogP contribution in [-0.2, 0) is 16.3 Å². The Balaban J connectivity index is 0.00000264. The van der Waals surface area contributed by atoms with Crippen LogP contribution in [0, 0.1) is 5.92 Å². The molecule has 0 aliphatic carbocycles. The molecule has 1 heterocycles. The molecule has 0 saturated carbocycles. The van der Waals surface area contributed by atoms with Crippen LogP contribution in [0.2, 0.25) is 0 Å². The Morgan fingerprint density at radius 3 is 2.35 bits per heavy atom. The summed E-state index contributed by atoms with van der Waals surface area (Å²) < 4.78 is 22.8. The highest BCUT2D eigenvalue weighted by molar-refractivity contribution is 14.0. The van der Waals surface area contributed by atoms with Crippen molar-refractivity contribution in [3.05, 3.63) is 29.8 Å². The maximum Gasteiger partial charge on any atom is 0.191 e. The van der Waals surface area contributed by atoms with Crippen molar-refractivity contribution in [1.82, 2.24) is 4.90 Å². The van der Waals surface area contributed by atoms with Gasteiger partial charge in [-0.15, -0.1) is 24.0 Å². The smallest absolute Gasteiger partial charge is 0.191 e. The van der Waals surface area contributed by atoms with Crippen molar-refractivity contribution in [2.45, 2.75) is 31.1 Å². The van der Waals surface area contributed by atoms with E-state index in [0.29, 0.717) is 17.4 Å². The molecule has 7 heteroatoms. The van der Waals surface area contributed by atoms with Crippen molar-refractivity contribution in [2.24, 2.45) is 16.6 Å². The Hall–Kier alpha value is -0.830. The van der Waals surface area contributed by atoms with E-state index < -0.39 is 9.84 Å². The van der Waals surface area contributed by atoms with E-state index in [2.05, 4.69) is 16.8 Å². The highest BCUT2D eigenvalue weighted by Crippen LogP contribution is 2.15. The van der Waals surface area contributed by atoms with E-state index in [0.717, 1.165) is 31.0 Å². The minimum absolute atomic E-state index is 0. The molecular formula is C16H26IN3O2S. The lowest BCUT2D eigenvalue weighted by atomic mass is 10.00. The minimum atomic E-state index is -3.13. The van der Waals surface area contributed by atoms with E-state index >= 15 is 0 Å². The van der Waals surface area contributed by atoms with E-state index in [1.54, 1.807) is 12.1 Å². The quantitative estimate of drug-likeness (QED) is 0.433. The Labute approximate surface area is 156 Å². The second kappa shape index (κ2) is 8.86. The van der Waals surface area contributed by atoms with Crippen LogP contribution < -0.4 is 5.73 Å². The summed E-state index contributed by atoms with van der Waals surface area (Å²) in [5.74, 6) is 1.40. The van der Waals surface area contributed by atoms with Gasteiger partial charge in [-0.1, -0.05) is 19.1 Å². The summed E-state index contributed by atoms with van der Waals surface area (Å²) in [6.07, 6.45) is 4.31. The topological polar surface area (TPSA) is 75.8 Å². The van der Waals surface area contributed by atoms with Gasteiger partial charge >= 0.3 is 0 Å². The van der Waals surface area contributed by atoms with Crippen molar-refractivity contribution in [2.75, 3.05) is 25.9 Å². The van der Waals surface area contributed by atoms with Gasteiger partial charge in [0, 0.05) is 25.9 Å². The first-order chi connectivity index (χ1) is 10.4. The number of guanidine groups is 1. The van der Waals surface area contributed by atoms with E-state index in [9.17, 15) is 8.42 Å². The third kappa shape index (κ3) is 6.29. The predicted octanol–water partition coefficient (Wildman–Crippen LogP) is 2.30. The first-order valence-electron chi connectivity index (χ1n) is 7.70. The summed E-state index contributed by atoms with van der Waals surface area (Å²) in [7, 11) is -3.13. The van der Waals surface area contributed by atoms with Gasteiger partial charge in [0.25, 0.3) is 0 Å². The maximum absolute atomic E-state index is 11.4. The molecule has 2 rings (SSSR count). The zero-order chi connectivity index (χ0) is 16.2. The number of nitrogens with zero attached hydrogens (tertiary/aromatic N) is 2. The molecular weight excluding hydrogens is 425 g/mol. The summed E-state index contributed by atoms with van der Waals surface area (Å²) in [5.41, 5.74) is 7.10. The molecule has 0 amide bonds. The Morgan fingerprint density at radius 2 is 1.83 bits per heavy atom. The zero-order valence-electron chi connectivity index (χ0n) is 13.7. The summed E-state index contributed by atoms with van der Waals surface area (Å²) >= 11 is 0. The molecule has 0 bridgehead atoms. The third-order valence-electron chi connectivity index (χ3n) is 4.13. The number of hydrogen-bond donors (Lipinski definition) is 1. The Morgan fingerprint density at radius 1 is 1.26 bits per heavy atom. The monoisotopic (exact) mass is 451 g/mol. The van der Waals surface area contributed by atoms with Crippen LogP contribution in [-0.4, -0.2) is 45.2 Å². The summed E-state index contributed by atoms with van der Waals surface area (Å²) in [6, 6.07) is 6.96. The zero-order valence-corrected chi connectivity index (χ0v) is 16.9. The number of halogens is 1. The second-order valence-corrected chi connectivity index (χ2v) is 8.09. The molecule has 130 valence electrons. The Kier molecular flexibility index (Phi) is 7.79. The third-order valence-corrected chi connectivity index (χ3v) is 5.26. The normalized spacial score (nSPS) is 17.0. The molecule has 1 aromatic carbocycles. The number of benzene rings is 1. The van der Waals surface area contributed by atoms with Crippen LogP contribution >= 0.6 is 24.0 Å². The fraction of sp³-hybridized carbons (Fsp3) is 0.562. The number of likely N-dealkylation sites (tertiary alicyclic amines) is 1. The van der Waals surface area contributed by atoms with Gasteiger partial charge in [-0.25, -0.2) is 8.42 Å². The van der Waals surface area contributed by atoms with E-state index in [4.69, 9.17) is 5.73 Å². The first-order valence-corrected chi connectivity index (χ1v) is 9.59. The van der Waals surface area contributed by atoms with Crippen LogP contribution in [0.25, 0.3) is 0 Å². The first kappa shape index (κ1) is 20.2. The molecule has 2 N–H and O–H groups in total. The van der Waals surface area contributed by atoms with E-state index in [1.165, 1.54) is 19.1 Å². The largest absolute Gasteiger partial charge is 0.370 e. The second-order valence-electron chi connectivity index (χ2n) is 6.08. The van der Waals surface area contributed by atoms with Gasteiger partial charge in [0.2, 0.25) is 0 Å². The number of hydrogen-bond acceptors (Lipinski definition) is 3. The maximum atomic E-state index is 11.4. The fourth-order valence-electron chi connectivity index (χ4n) is 2.54. The van der Waals surface area contributed by atoms with Crippen LogP contribution in [0.3, 0.4) is 0 Å². The molecule has 1 aliphatic heterocycles. The summed E-state index contributed by atoms with van der Waals surface area (Å²) in [6.45, 7) is 4.86. The summed E-state index contributed by atoms with van der Waals surface area (Å²) in [4.78, 5) is 6.94. The molecule has 0 spiro atoms. The van der Waals surface area contributed by atoms with Gasteiger partial charge in [0.05, 0.1) is 4.90 Å². The van der Waals surface area contributed by atoms with Crippen LogP contribution in [0.5, 0.6) is 0 Å². The van der Waals surface area contributed by atoms with E-state index in [-0.39, 0.29) is 24.0 Å². The molecule has 1 aromatic rings. The fourth-order valence-corrected chi connectivity index (χ4v) is 3.17. The van der Waals surface area contributed by atoms with Crippen LogP contribution in [0.15, 0.2) is 34.2 Å². The number of piperidine rings is 1. The number of aliphatic imine (C=N–C) groups is 1. The molecule has 1 fully saturated rings. The van der Waals surface area contributed by atoms with E-state index in [1.807, 2.05) is 12.1 Å². The lowest BCUT2D eigenvalue weighted by Crippen LogP contribution is -2.42. The van der Waals surface area contributed by atoms with Gasteiger partial charge in [-0.2, -0.15) is 0 Å². The summed E-state index contributed by atoms with van der Waals surface area (Å²) in [5, 5.41) is 0. The minimum Gasteiger partial charge on any atom is -0.370 e. The van der Waals surface area contributed by atoms with Gasteiger partial charge in [-0.05, 0) is 42.9 Å². The van der Waals surface area contributed by atoms with Crippen molar-refractivity contribution < 1.29 is 8.42 Å². The van der Waals surface area contributed by atoms with Gasteiger partial charge in [0.1, 0.15) is 0 Å². The SMILES string of the molecule is CC1CCN(C(N)=NCCc2ccc(S(C)(=O)=O)cc2)CC1.I. The molecule has 0 radical (unpaired) electrons. The predicted molar refractivity (Wildman–Crippen MR) is 105 cm³/mol. The van der Waals surface area contributed by atoms with Gasteiger partial charge < -0.3 is 10.6 Å². The standard InChI is InChI=1S/C16H25N3O2S.HI/c1-13-8-11-19(12-9-13)16(17)18-10-7-14-3-5-15(6-4-14)22(2,20)21;/h3-6,13H,7-12H2,1-2H3,(H2,17,18);1H. The number of rotatable bonds is 4. The van der Waals surface area contributed by atoms with Crippen molar-refractivity contribution in [1.29, 1.82) is 0 Å². The molecule has 1 aliphatic rings. The van der Waals surface area contributed by atoms with Crippen LogP contribution in [0.4, 0.5) is 0 Å². The molecule has 0 atom stereocenters. The number of nitrogens with two attached hydrogens (primary N) is 1. The highest BCUT2D eigenvalue weighted by atomic mass is 127. The Bertz CT molecular complexity index is 621. The number of sulfone groups is 1. The molecule has 0 unspecified atom stereocenters. The molecule has 23 heavy (non-hydrogen) atoms. The highest BCUT2D eigenvalue weighted by Gasteiger charge is 2.16. The van der Waals surface area contributed by atoms with Gasteiger partial charge in [-0.3, -0.25) is 4.99 Å². The van der Waals surface area contributed by atoms with Crippen molar-refractivity contribution in [3.8, 4) is 0 Å². The molecule has 5 nitrogen and oxygen atoms in total. The lowest BCUT2D eigenvalue weighted by Gasteiger charge is -2.31. The van der Waals surface area contributed by atoms with Crippen molar-refractivity contribution >= 4 is 39.8 Å². The lowest BCUT2D eigenvalue weighted by molar-refractivity contribution is 0.277. The molecule has 1 saturated heterocycles. The van der Waals surface area contributed by atoms with Crippen LogP contribution in [0.1, 0.15) is 25.3 Å². The average molecular weight is 451 g/mol. The van der Waals surface area contributed by atoms with Crippen molar-refractivity contribution in [3.63, 3.8) is 0 Å². The average Bonchev–Trinajstić information content (AvgIpc) is 2.47. The molecule has 0 aromatic heterocycles.